The van der Waals surface area contributed by atoms with Gasteiger partial charge in [0.1, 0.15) is 5.82 Å². The van der Waals surface area contributed by atoms with E-state index in [-0.39, 0.29) is 6.61 Å². The van der Waals surface area contributed by atoms with E-state index in [9.17, 15) is 27.5 Å². The molecule has 7 heteroatoms. The third-order valence-corrected chi connectivity index (χ3v) is 3.53. The predicted octanol–water partition coefficient (Wildman–Crippen LogP) is 2.49. The number of hydrogen-bond acceptors (Lipinski definition) is 2. The van der Waals surface area contributed by atoms with Gasteiger partial charge in [0.25, 0.3) is 5.91 Å². The van der Waals surface area contributed by atoms with Crippen LogP contribution in [0.1, 0.15) is 35.2 Å². The van der Waals surface area contributed by atoms with Gasteiger partial charge in [-0.05, 0) is 37.5 Å². The Morgan fingerprint density at radius 3 is 2.45 bits per heavy atom. The second-order valence-corrected chi connectivity index (χ2v) is 4.94. The van der Waals surface area contributed by atoms with Gasteiger partial charge in [-0.3, -0.25) is 4.79 Å². The SMILES string of the molecule is O=C(NC1(CO)CCC1)c1cc(C(F)(F)F)ccc1F. The van der Waals surface area contributed by atoms with Crippen LogP contribution in [0.2, 0.25) is 0 Å². The molecule has 0 aromatic heterocycles. The molecule has 0 heterocycles. The minimum atomic E-state index is -4.64. The Labute approximate surface area is 112 Å². The average molecular weight is 291 g/mol. The Balaban J connectivity index is 2.25. The van der Waals surface area contributed by atoms with Gasteiger partial charge >= 0.3 is 6.18 Å². The summed E-state index contributed by atoms with van der Waals surface area (Å²) in [5.74, 6) is -1.97. The second kappa shape index (κ2) is 5.05. The number of aliphatic hydroxyl groups excluding tert-OH is 1. The van der Waals surface area contributed by atoms with Crippen LogP contribution in [0.4, 0.5) is 17.6 Å². The van der Waals surface area contributed by atoms with Gasteiger partial charge in [0.05, 0.1) is 23.3 Å². The van der Waals surface area contributed by atoms with Crippen LogP contribution in [0.25, 0.3) is 0 Å². The van der Waals surface area contributed by atoms with E-state index in [1.807, 2.05) is 0 Å². The van der Waals surface area contributed by atoms with E-state index in [1.165, 1.54) is 0 Å². The number of amides is 1. The normalized spacial score (nSPS) is 17.4. The van der Waals surface area contributed by atoms with Crippen LogP contribution in [0.15, 0.2) is 18.2 Å². The van der Waals surface area contributed by atoms with Gasteiger partial charge in [-0.2, -0.15) is 13.2 Å². The molecular formula is C13H13F4NO2. The Bertz CT molecular complexity index is 518. The zero-order valence-electron chi connectivity index (χ0n) is 10.4. The lowest BCUT2D eigenvalue weighted by Gasteiger charge is -2.41. The number of carbonyl (C=O) groups is 1. The van der Waals surface area contributed by atoms with Crippen LogP contribution < -0.4 is 5.32 Å². The molecule has 0 saturated heterocycles. The maximum atomic E-state index is 13.5. The molecule has 2 rings (SSSR count). The van der Waals surface area contributed by atoms with E-state index in [2.05, 4.69) is 5.32 Å². The molecule has 20 heavy (non-hydrogen) atoms. The summed E-state index contributed by atoms with van der Waals surface area (Å²) in [5.41, 5.74) is -2.59. The van der Waals surface area contributed by atoms with Crippen LogP contribution in [-0.4, -0.2) is 23.2 Å². The van der Waals surface area contributed by atoms with Crippen molar-refractivity contribution in [3.8, 4) is 0 Å². The molecule has 0 unspecified atom stereocenters. The van der Waals surface area contributed by atoms with E-state index < -0.39 is 34.6 Å². The summed E-state index contributed by atoms with van der Waals surface area (Å²) in [7, 11) is 0. The van der Waals surface area contributed by atoms with Gasteiger partial charge in [0.15, 0.2) is 0 Å². The third-order valence-electron chi connectivity index (χ3n) is 3.53. The maximum absolute atomic E-state index is 13.5. The molecule has 0 atom stereocenters. The molecule has 0 radical (unpaired) electrons. The lowest BCUT2D eigenvalue weighted by molar-refractivity contribution is -0.137. The Hall–Kier alpha value is -1.63. The zero-order chi connectivity index (χ0) is 15.0. The van der Waals surface area contributed by atoms with E-state index in [4.69, 9.17) is 0 Å². The molecule has 0 spiro atoms. The second-order valence-electron chi connectivity index (χ2n) is 4.94. The molecule has 1 aromatic carbocycles. The molecule has 0 aliphatic heterocycles. The van der Waals surface area contributed by atoms with Crippen LogP contribution in [0.3, 0.4) is 0 Å². The fraction of sp³-hybridized carbons (Fsp3) is 0.462. The zero-order valence-corrected chi connectivity index (χ0v) is 10.4. The average Bonchev–Trinajstić information content (AvgIpc) is 2.32. The van der Waals surface area contributed by atoms with Crippen LogP contribution in [0, 0.1) is 5.82 Å². The third kappa shape index (κ3) is 2.77. The van der Waals surface area contributed by atoms with Crippen molar-refractivity contribution in [2.24, 2.45) is 0 Å². The number of halogens is 4. The van der Waals surface area contributed by atoms with Crippen LogP contribution in [-0.2, 0) is 6.18 Å². The topological polar surface area (TPSA) is 49.3 Å². The highest BCUT2D eigenvalue weighted by atomic mass is 19.4. The Morgan fingerprint density at radius 2 is 2.00 bits per heavy atom. The number of aliphatic hydroxyl groups is 1. The summed E-state index contributed by atoms with van der Waals surface area (Å²) in [5, 5.41) is 11.6. The summed E-state index contributed by atoms with van der Waals surface area (Å²) < 4.78 is 51.2. The standard InChI is InChI=1S/C13H13F4NO2/c14-10-3-2-8(13(15,16)17)6-9(10)11(20)18-12(7-19)4-1-5-12/h2-3,6,19H,1,4-5,7H2,(H,18,20). The minimum Gasteiger partial charge on any atom is -0.394 e. The molecule has 2 N–H and O–H groups in total. The van der Waals surface area contributed by atoms with Crippen molar-refractivity contribution in [2.45, 2.75) is 31.0 Å². The monoisotopic (exact) mass is 291 g/mol. The molecule has 1 saturated carbocycles. The molecule has 1 aromatic rings. The molecule has 1 fully saturated rings. The quantitative estimate of drug-likeness (QED) is 0.841. The lowest BCUT2D eigenvalue weighted by atomic mass is 9.77. The summed E-state index contributed by atoms with van der Waals surface area (Å²) >= 11 is 0. The van der Waals surface area contributed by atoms with Crippen molar-refractivity contribution >= 4 is 5.91 Å². The Morgan fingerprint density at radius 1 is 1.35 bits per heavy atom. The van der Waals surface area contributed by atoms with Crippen molar-refractivity contribution in [2.75, 3.05) is 6.61 Å². The van der Waals surface area contributed by atoms with E-state index in [0.29, 0.717) is 31.0 Å². The number of carbonyl (C=O) groups excluding carboxylic acids is 1. The highest BCUT2D eigenvalue weighted by molar-refractivity contribution is 5.95. The van der Waals surface area contributed by atoms with Crippen molar-refractivity contribution in [3.05, 3.63) is 35.1 Å². The van der Waals surface area contributed by atoms with Crippen molar-refractivity contribution < 1.29 is 27.5 Å². The summed E-state index contributed by atoms with van der Waals surface area (Å²) in [6.45, 7) is -0.320. The van der Waals surface area contributed by atoms with Crippen LogP contribution >= 0.6 is 0 Å². The molecule has 1 aliphatic rings. The first-order valence-corrected chi connectivity index (χ1v) is 6.07. The number of alkyl halides is 3. The van der Waals surface area contributed by atoms with Crippen LogP contribution in [0.5, 0.6) is 0 Å². The predicted molar refractivity (Wildman–Crippen MR) is 62.5 cm³/mol. The largest absolute Gasteiger partial charge is 0.416 e. The number of benzene rings is 1. The van der Waals surface area contributed by atoms with Crippen molar-refractivity contribution in [1.29, 1.82) is 0 Å². The minimum absolute atomic E-state index is 0.320. The first-order valence-electron chi connectivity index (χ1n) is 6.07. The first kappa shape index (κ1) is 14.8. The van der Waals surface area contributed by atoms with Crippen molar-refractivity contribution in [3.63, 3.8) is 0 Å². The fourth-order valence-corrected chi connectivity index (χ4v) is 2.11. The van der Waals surface area contributed by atoms with Crippen molar-refractivity contribution in [1.82, 2.24) is 5.32 Å². The molecule has 1 amide bonds. The number of hydrogen-bond donors (Lipinski definition) is 2. The van der Waals surface area contributed by atoms with Gasteiger partial charge < -0.3 is 10.4 Å². The fourth-order valence-electron chi connectivity index (χ4n) is 2.11. The number of rotatable bonds is 3. The Kier molecular flexibility index (Phi) is 3.73. The summed E-state index contributed by atoms with van der Waals surface area (Å²) in [6.07, 6.45) is -2.80. The highest BCUT2D eigenvalue weighted by Crippen LogP contribution is 2.33. The van der Waals surface area contributed by atoms with Gasteiger partial charge in [0, 0.05) is 0 Å². The van der Waals surface area contributed by atoms with Gasteiger partial charge in [-0.15, -0.1) is 0 Å². The first-order chi connectivity index (χ1) is 9.27. The van der Waals surface area contributed by atoms with Gasteiger partial charge in [-0.1, -0.05) is 0 Å². The summed E-state index contributed by atoms with van der Waals surface area (Å²) in [4.78, 5) is 11.9. The molecule has 1 aliphatic carbocycles. The van der Waals surface area contributed by atoms with E-state index in [1.54, 1.807) is 0 Å². The van der Waals surface area contributed by atoms with E-state index >= 15 is 0 Å². The highest BCUT2D eigenvalue weighted by Gasteiger charge is 2.39. The molecule has 110 valence electrons. The summed E-state index contributed by atoms with van der Waals surface area (Å²) in [6, 6.07) is 1.68. The molecular weight excluding hydrogens is 278 g/mol. The molecule has 3 nitrogen and oxygen atoms in total. The van der Waals surface area contributed by atoms with E-state index in [0.717, 1.165) is 6.42 Å². The number of nitrogens with one attached hydrogen (secondary N) is 1. The smallest absolute Gasteiger partial charge is 0.394 e. The molecule has 0 bridgehead atoms. The van der Waals surface area contributed by atoms with Gasteiger partial charge in [-0.25, -0.2) is 4.39 Å². The van der Waals surface area contributed by atoms with Gasteiger partial charge in [0.2, 0.25) is 0 Å². The lowest BCUT2D eigenvalue weighted by Crippen LogP contribution is -2.56. The maximum Gasteiger partial charge on any atom is 0.416 e.